The van der Waals surface area contributed by atoms with Crippen LogP contribution in [0, 0.1) is 5.92 Å². The molecule has 0 saturated carbocycles. The molecule has 1 unspecified atom stereocenters. The van der Waals surface area contributed by atoms with Gasteiger partial charge in [-0.3, -0.25) is 0 Å². The van der Waals surface area contributed by atoms with Gasteiger partial charge in [-0.15, -0.1) is 11.6 Å². The highest BCUT2D eigenvalue weighted by Crippen LogP contribution is 2.23. The topological polar surface area (TPSA) is 52.8 Å². The van der Waals surface area contributed by atoms with E-state index in [4.69, 9.17) is 16.3 Å². The van der Waals surface area contributed by atoms with Crippen molar-refractivity contribution in [3.8, 4) is 5.88 Å². The summed E-state index contributed by atoms with van der Waals surface area (Å²) < 4.78 is 7.28. The summed E-state index contributed by atoms with van der Waals surface area (Å²) in [6.45, 7) is 3.05. The molecule has 0 aromatic carbocycles. The second kappa shape index (κ2) is 6.43. The van der Waals surface area contributed by atoms with E-state index in [0.29, 0.717) is 23.2 Å². The molecule has 1 atom stereocenters. The molecule has 0 bridgehead atoms. The zero-order chi connectivity index (χ0) is 13.8. The van der Waals surface area contributed by atoms with Crippen molar-refractivity contribution in [1.82, 2.24) is 19.5 Å². The first-order valence-electron chi connectivity index (χ1n) is 6.00. The summed E-state index contributed by atoms with van der Waals surface area (Å²) in [5.74, 6) is 3.26. The number of halogens is 1. The van der Waals surface area contributed by atoms with Crippen LogP contribution in [0.1, 0.15) is 12.7 Å². The van der Waals surface area contributed by atoms with E-state index in [9.17, 15) is 0 Å². The lowest BCUT2D eigenvalue weighted by molar-refractivity contribution is 0.401. The fourth-order valence-corrected chi connectivity index (χ4v) is 2.93. The summed E-state index contributed by atoms with van der Waals surface area (Å²) in [6, 6.07) is 0. The van der Waals surface area contributed by atoms with Crippen molar-refractivity contribution in [1.29, 1.82) is 0 Å². The first-order valence-corrected chi connectivity index (χ1v) is 7.93. The highest BCUT2D eigenvalue weighted by atomic mass is 35.5. The highest BCUT2D eigenvalue weighted by molar-refractivity contribution is 7.98. The smallest absolute Gasteiger partial charge is 0.245 e. The molecule has 0 amide bonds. The number of hydrogen-bond acceptors (Lipinski definition) is 5. The van der Waals surface area contributed by atoms with E-state index in [1.807, 2.05) is 11.8 Å². The molecule has 19 heavy (non-hydrogen) atoms. The van der Waals surface area contributed by atoms with Gasteiger partial charge in [0.05, 0.1) is 13.0 Å². The minimum absolute atomic E-state index is 0.353. The van der Waals surface area contributed by atoms with E-state index in [0.717, 1.165) is 23.8 Å². The predicted octanol–water partition coefficient (Wildman–Crippen LogP) is 2.57. The van der Waals surface area contributed by atoms with Gasteiger partial charge in [0.25, 0.3) is 0 Å². The first-order chi connectivity index (χ1) is 9.21. The Balaban J connectivity index is 2.46. The summed E-state index contributed by atoms with van der Waals surface area (Å²) in [5.41, 5.74) is 1.47. The number of fused-ring (bicyclic) bond motifs is 1. The lowest BCUT2D eigenvalue weighted by atomic mass is 10.2. The SMILES string of the molecule is COc1ncnc2c1nc(CCl)n2CC(C)CSC. The molecule has 0 saturated heterocycles. The number of hydrogen-bond donors (Lipinski definition) is 0. The molecule has 0 N–H and O–H groups in total. The lowest BCUT2D eigenvalue weighted by Gasteiger charge is -2.13. The monoisotopic (exact) mass is 300 g/mol. The van der Waals surface area contributed by atoms with Gasteiger partial charge in [0.15, 0.2) is 11.2 Å². The Morgan fingerprint density at radius 2 is 2.26 bits per heavy atom. The van der Waals surface area contributed by atoms with Gasteiger partial charge < -0.3 is 9.30 Å². The molecule has 0 fully saturated rings. The van der Waals surface area contributed by atoms with E-state index in [1.165, 1.54) is 6.33 Å². The van der Waals surface area contributed by atoms with E-state index in [2.05, 4.69) is 32.7 Å². The van der Waals surface area contributed by atoms with E-state index in [1.54, 1.807) is 7.11 Å². The van der Waals surface area contributed by atoms with Crippen LogP contribution in [0.3, 0.4) is 0 Å². The molecule has 0 aliphatic heterocycles. The number of methoxy groups -OCH3 is 1. The Morgan fingerprint density at radius 3 is 2.89 bits per heavy atom. The number of thioether (sulfide) groups is 1. The van der Waals surface area contributed by atoms with Gasteiger partial charge in [-0.1, -0.05) is 6.92 Å². The molecule has 2 aromatic heterocycles. The number of alkyl halides is 1. The van der Waals surface area contributed by atoms with Crippen LogP contribution in [0.2, 0.25) is 0 Å². The van der Waals surface area contributed by atoms with Crippen molar-refractivity contribution in [2.24, 2.45) is 5.92 Å². The second-order valence-corrected chi connectivity index (χ2v) is 5.57. The Bertz CT molecular complexity index is 560. The van der Waals surface area contributed by atoms with Crippen molar-refractivity contribution in [2.45, 2.75) is 19.3 Å². The van der Waals surface area contributed by atoms with E-state index in [-0.39, 0.29) is 0 Å². The molecule has 2 aromatic rings. The maximum absolute atomic E-state index is 5.98. The maximum Gasteiger partial charge on any atom is 0.245 e. The predicted molar refractivity (Wildman–Crippen MR) is 79.0 cm³/mol. The average molecular weight is 301 g/mol. The summed E-state index contributed by atoms with van der Waals surface area (Å²) in [7, 11) is 1.58. The summed E-state index contributed by atoms with van der Waals surface area (Å²) in [4.78, 5) is 12.9. The fourth-order valence-electron chi connectivity index (χ4n) is 2.05. The quantitative estimate of drug-likeness (QED) is 0.768. The Kier molecular flexibility index (Phi) is 4.87. The van der Waals surface area contributed by atoms with Crippen molar-refractivity contribution < 1.29 is 4.74 Å². The van der Waals surface area contributed by atoms with Gasteiger partial charge in [-0.2, -0.15) is 16.7 Å². The van der Waals surface area contributed by atoms with Crippen molar-refractivity contribution in [2.75, 3.05) is 19.1 Å². The van der Waals surface area contributed by atoms with Crippen LogP contribution in [0.5, 0.6) is 5.88 Å². The van der Waals surface area contributed by atoms with Crippen LogP contribution in [-0.4, -0.2) is 38.6 Å². The van der Waals surface area contributed by atoms with Crippen LogP contribution < -0.4 is 4.74 Å². The van der Waals surface area contributed by atoms with Crippen LogP contribution in [-0.2, 0) is 12.4 Å². The van der Waals surface area contributed by atoms with E-state index >= 15 is 0 Å². The van der Waals surface area contributed by atoms with Gasteiger partial charge in [0.1, 0.15) is 12.2 Å². The zero-order valence-corrected chi connectivity index (χ0v) is 12.8. The van der Waals surface area contributed by atoms with Crippen molar-refractivity contribution >= 4 is 34.5 Å². The zero-order valence-electron chi connectivity index (χ0n) is 11.3. The van der Waals surface area contributed by atoms with E-state index < -0.39 is 0 Å². The molecular weight excluding hydrogens is 284 g/mol. The third-order valence-electron chi connectivity index (χ3n) is 2.84. The molecule has 0 spiro atoms. The molecule has 104 valence electrons. The highest BCUT2D eigenvalue weighted by Gasteiger charge is 2.17. The van der Waals surface area contributed by atoms with Crippen LogP contribution in [0.15, 0.2) is 6.33 Å². The van der Waals surface area contributed by atoms with Gasteiger partial charge in [-0.05, 0) is 17.9 Å². The van der Waals surface area contributed by atoms with Crippen molar-refractivity contribution in [3.63, 3.8) is 0 Å². The van der Waals surface area contributed by atoms with Gasteiger partial charge in [-0.25, -0.2) is 9.97 Å². The largest absolute Gasteiger partial charge is 0.479 e. The average Bonchev–Trinajstić information content (AvgIpc) is 2.77. The summed E-state index contributed by atoms with van der Waals surface area (Å²) >= 11 is 7.82. The van der Waals surface area contributed by atoms with Gasteiger partial charge in [0, 0.05) is 6.54 Å². The van der Waals surface area contributed by atoms with Crippen LogP contribution >= 0.6 is 23.4 Å². The normalized spacial score (nSPS) is 12.8. The molecule has 7 heteroatoms. The number of aromatic nitrogens is 4. The molecule has 0 radical (unpaired) electrons. The standard InChI is InChI=1S/C12H17ClN4OS/c1-8(6-19-3)5-17-9(4-13)16-10-11(17)14-7-15-12(10)18-2/h7-8H,4-6H2,1-3H3. The maximum atomic E-state index is 5.98. The third-order valence-corrected chi connectivity index (χ3v) is 3.98. The number of imidazole rings is 1. The summed E-state index contributed by atoms with van der Waals surface area (Å²) in [5, 5.41) is 0. The van der Waals surface area contributed by atoms with Gasteiger partial charge in [0.2, 0.25) is 5.88 Å². The lowest BCUT2D eigenvalue weighted by Crippen LogP contribution is -2.12. The molecule has 2 heterocycles. The minimum Gasteiger partial charge on any atom is -0.479 e. The van der Waals surface area contributed by atoms with Gasteiger partial charge >= 0.3 is 0 Å². The number of nitrogens with zero attached hydrogens (tertiary/aromatic N) is 4. The molecule has 0 aliphatic rings. The minimum atomic E-state index is 0.353. The number of ether oxygens (including phenoxy) is 1. The van der Waals surface area contributed by atoms with Crippen molar-refractivity contribution in [3.05, 3.63) is 12.2 Å². The first kappa shape index (κ1) is 14.4. The summed E-state index contributed by atoms with van der Waals surface area (Å²) in [6.07, 6.45) is 3.60. The van der Waals surface area contributed by atoms with Crippen LogP contribution in [0.4, 0.5) is 0 Å². The molecule has 0 aliphatic carbocycles. The molecule has 5 nitrogen and oxygen atoms in total. The Hall–Kier alpha value is -1.01. The Labute approximate surface area is 121 Å². The number of rotatable bonds is 6. The van der Waals surface area contributed by atoms with Crippen LogP contribution in [0.25, 0.3) is 11.2 Å². The second-order valence-electron chi connectivity index (χ2n) is 4.39. The fraction of sp³-hybridized carbons (Fsp3) is 0.583. The third kappa shape index (κ3) is 2.95. The molecule has 2 rings (SSSR count). The Morgan fingerprint density at radius 1 is 1.47 bits per heavy atom. The molecular formula is C12H17ClN4OS.